The number of benzene rings is 1. The summed E-state index contributed by atoms with van der Waals surface area (Å²) in [5.74, 6) is 1.45. The standard InChI is InChI=1S/C17H22O2/c1-2-13-10-17(15-8-14(13)9-16(15)18)19-11-12-6-4-3-5-7-12/h2-7,13-18H,1,8-11H2/t13-,14+,15-,16+,17-/m0/s1. The van der Waals surface area contributed by atoms with Crippen LogP contribution in [0.25, 0.3) is 0 Å². The van der Waals surface area contributed by atoms with Crippen molar-refractivity contribution in [3.63, 3.8) is 0 Å². The average molecular weight is 258 g/mol. The van der Waals surface area contributed by atoms with E-state index in [1.54, 1.807) is 0 Å². The molecule has 3 rings (SSSR count). The molecule has 2 saturated carbocycles. The van der Waals surface area contributed by atoms with Crippen LogP contribution in [0.1, 0.15) is 24.8 Å². The Balaban J connectivity index is 1.65. The molecule has 5 atom stereocenters. The van der Waals surface area contributed by atoms with Gasteiger partial charge < -0.3 is 9.84 Å². The molecule has 1 N–H and O–H groups in total. The molecule has 1 aromatic carbocycles. The van der Waals surface area contributed by atoms with Crippen molar-refractivity contribution in [1.29, 1.82) is 0 Å². The largest absolute Gasteiger partial charge is 0.393 e. The van der Waals surface area contributed by atoms with Crippen molar-refractivity contribution in [2.45, 2.75) is 38.1 Å². The lowest BCUT2D eigenvalue weighted by Crippen LogP contribution is -2.34. The first-order chi connectivity index (χ1) is 9.28. The van der Waals surface area contributed by atoms with Gasteiger partial charge in [0.15, 0.2) is 0 Å². The zero-order valence-electron chi connectivity index (χ0n) is 11.2. The van der Waals surface area contributed by atoms with Gasteiger partial charge in [0.05, 0.1) is 18.8 Å². The van der Waals surface area contributed by atoms with E-state index in [1.165, 1.54) is 5.56 Å². The molecule has 0 amide bonds. The van der Waals surface area contributed by atoms with Crippen molar-refractivity contribution < 1.29 is 9.84 Å². The van der Waals surface area contributed by atoms with E-state index >= 15 is 0 Å². The van der Waals surface area contributed by atoms with Gasteiger partial charge in [-0.2, -0.15) is 0 Å². The maximum Gasteiger partial charge on any atom is 0.0720 e. The Morgan fingerprint density at radius 2 is 2.00 bits per heavy atom. The molecule has 2 heteroatoms. The Labute approximate surface area is 115 Å². The lowest BCUT2D eigenvalue weighted by Gasteiger charge is -2.34. The van der Waals surface area contributed by atoms with Gasteiger partial charge >= 0.3 is 0 Å². The topological polar surface area (TPSA) is 29.5 Å². The van der Waals surface area contributed by atoms with Crippen molar-refractivity contribution in [3.05, 3.63) is 48.6 Å². The molecule has 19 heavy (non-hydrogen) atoms. The van der Waals surface area contributed by atoms with Crippen LogP contribution < -0.4 is 0 Å². The molecule has 0 aromatic heterocycles. The van der Waals surface area contributed by atoms with Crippen LogP contribution >= 0.6 is 0 Å². The number of aliphatic hydroxyl groups excluding tert-OH is 1. The first-order valence-corrected chi connectivity index (χ1v) is 7.24. The summed E-state index contributed by atoms with van der Waals surface area (Å²) in [6.07, 6.45) is 5.08. The van der Waals surface area contributed by atoms with Crippen LogP contribution in [0.3, 0.4) is 0 Å². The van der Waals surface area contributed by atoms with Crippen molar-refractivity contribution >= 4 is 0 Å². The molecule has 0 aliphatic heterocycles. The van der Waals surface area contributed by atoms with E-state index in [0.29, 0.717) is 24.4 Å². The predicted octanol–water partition coefficient (Wildman–Crippen LogP) is 3.16. The van der Waals surface area contributed by atoms with Gasteiger partial charge in [0, 0.05) is 5.92 Å². The van der Waals surface area contributed by atoms with Crippen molar-refractivity contribution in [2.24, 2.45) is 17.8 Å². The third-order valence-corrected chi connectivity index (χ3v) is 4.81. The summed E-state index contributed by atoms with van der Waals surface area (Å²) >= 11 is 0. The zero-order chi connectivity index (χ0) is 13.2. The van der Waals surface area contributed by atoms with Gasteiger partial charge in [0.1, 0.15) is 0 Å². The highest BCUT2D eigenvalue weighted by atomic mass is 16.5. The fourth-order valence-corrected chi connectivity index (χ4v) is 3.73. The van der Waals surface area contributed by atoms with Crippen LogP contribution in [0.4, 0.5) is 0 Å². The van der Waals surface area contributed by atoms with Gasteiger partial charge in [-0.15, -0.1) is 6.58 Å². The Kier molecular flexibility index (Phi) is 3.72. The van der Waals surface area contributed by atoms with E-state index in [1.807, 2.05) is 18.2 Å². The molecule has 1 aromatic rings. The normalized spacial score (nSPS) is 37.2. The minimum atomic E-state index is -0.185. The fourth-order valence-electron chi connectivity index (χ4n) is 3.73. The summed E-state index contributed by atoms with van der Waals surface area (Å²) in [4.78, 5) is 0. The highest BCUT2D eigenvalue weighted by molar-refractivity contribution is 5.13. The first-order valence-electron chi connectivity index (χ1n) is 7.24. The molecule has 2 nitrogen and oxygen atoms in total. The van der Waals surface area contributed by atoms with Gasteiger partial charge in [-0.05, 0) is 36.7 Å². The second-order valence-electron chi connectivity index (χ2n) is 5.93. The molecule has 0 unspecified atom stereocenters. The van der Waals surface area contributed by atoms with Crippen LogP contribution in [0.15, 0.2) is 43.0 Å². The molecule has 0 saturated heterocycles. The molecule has 2 aliphatic carbocycles. The average Bonchev–Trinajstić information content (AvgIpc) is 2.77. The lowest BCUT2D eigenvalue weighted by molar-refractivity contribution is -0.0505. The molecule has 2 aliphatic rings. The highest BCUT2D eigenvalue weighted by Gasteiger charge is 2.46. The maximum absolute atomic E-state index is 10.2. The van der Waals surface area contributed by atoms with Crippen LogP contribution in [0, 0.1) is 17.8 Å². The molecule has 0 heterocycles. The third-order valence-electron chi connectivity index (χ3n) is 4.81. The number of aliphatic hydroxyl groups is 1. The smallest absolute Gasteiger partial charge is 0.0720 e. The monoisotopic (exact) mass is 258 g/mol. The minimum absolute atomic E-state index is 0.178. The van der Waals surface area contributed by atoms with Gasteiger partial charge in [0.2, 0.25) is 0 Å². The van der Waals surface area contributed by atoms with Crippen molar-refractivity contribution in [3.8, 4) is 0 Å². The second kappa shape index (κ2) is 5.48. The summed E-state index contributed by atoms with van der Waals surface area (Å²) < 4.78 is 6.09. The quantitative estimate of drug-likeness (QED) is 0.841. The number of rotatable bonds is 4. The lowest BCUT2D eigenvalue weighted by atomic mass is 9.78. The van der Waals surface area contributed by atoms with Crippen molar-refractivity contribution in [2.75, 3.05) is 0 Å². The Morgan fingerprint density at radius 3 is 2.74 bits per heavy atom. The number of hydrogen-bond donors (Lipinski definition) is 1. The van der Waals surface area contributed by atoms with E-state index < -0.39 is 0 Å². The molecule has 0 spiro atoms. The SMILES string of the molecule is C=C[C@H]1C[C@H](OCc2ccccc2)[C@H]2C[C@@H]1C[C@H]2O. The molecule has 102 valence electrons. The summed E-state index contributed by atoms with van der Waals surface area (Å²) in [6.45, 7) is 4.58. The Bertz CT molecular complexity index is 428. The summed E-state index contributed by atoms with van der Waals surface area (Å²) in [6, 6.07) is 10.3. The zero-order valence-corrected chi connectivity index (χ0v) is 11.2. The van der Waals surface area contributed by atoms with E-state index in [9.17, 15) is 5.11 Å². The van der Waals surface area contributed by atoms with Crippen LogP contribution in [-0.4, -0.2) is 17.3 Å². The predicted molar refractivity (Wildman–Crippen MR) is 75.5 cm³/mol. The van der Waals surface area contributed by atoms with Gasteiger partial charge in [-0.25, -0.2) is 0 Å². The molecule has 2 fully saturated rings. The maximum atomic E-state index is 10.2. The van der Waals surface area contributed by atoms with Crippen LogP contribution in [0.2, 0.25) is 0 Å². The first kappa shape index (κ1) is 12.9. The fraction of sp³-hybridized carbons (Fsp3) is 0.529. The van der Waals surface area contributed by atoms with E-state index in [2.05, 4.69) is 24.8 Å². The molecular weight excluding hydrogens is 236 g/mol. The van der Waals surface area contributed by atoms with E-state index in [4.69, 9.17) is 4.74 Å². The van der Waals surface area contributed by atoms with Gasteiger partial charge in [-0.3, -0.25) is 0 Å². The minimum Gasteiger partial charge on any atom is -0.393 e. The van der Waals surface area contributed by atoms with E-state index in [-0.39, 0.29) is 12.2 Å². The second-order valence-corrected chi connectivity index (χ2v) is 5.93. The van der Waals surface area contributed by atoms with Crippen LogP contribution in [-0.2, 0) is 11.3 Å². The van der Waals surface area contributed by atoms with Crippen LogP contribution in [0.5, 0.6) is 0 Å². The molecule has 0 radical (unpaired) electrons. The molecular formula is C17H22O2. The van der Waals surface area contributed by atoms with Gasteiger partial charge in [0.25, 0.3) is 0 Å². The number of allylic oxidation sites excluding steroid dienone is 1. The number of ether oxygens (including phenoxy) is 1. The van der Waals surface area contributed by atoms with Gasteiger partial charge in [-0.1, -0.05) is 36.4 Å². The number of fused-ring (bicyclic) bond motifs is 2. The summed E-state index contributed by atoms with van der Waals surface area (Å²) in [5, 5.41) is 10.2. The Morgan fingerprint density at radius 1 is 1.21 bits per heavy atom. The number of hydrogen-bond acceptors (Lipinski definition) is 2. The Hall–Kier alpha value is -1.12. The third kappa shape index (κ3) is 2.60. The highest BCUT2D eigenvalue weighted by Crippen LogP contribution is 2.47. The van der Waals surface area contributed by atoms with E-state index in [0.717, 1.165) is 19.3 Å². The summed E-state index contributed by atoms with van der Waals surface area (Å²) in [7, 11) is 0. The van der Waals surface area contributed by atoms with Crippen molar-refractivity contribution in [1.82, 2.24) is 0 Å². The molecule has 2 bridgehead atoms. The summed E-state index contributed by atoms with van der Waals surface area (Å²) in [5.41, 5.74) is 1.20.